The van der Waals surface area contributed by atoms with Crippen LogP contribution >= 0.6 is 0 Å². The zero-order valence-electron chi connectivity index (χ0n) is 15.9. The molecule has 1 N–H and O–H groups in total. The number of esters is 1. The molecule has 3 saturated heterocycles. The number of rotatable bonds is 1. The van der Waals surface area contributed by atoms with Crippen molar-refractivity contribution in [3.63, 3.8) is 0 Å². The van der Waals surface area contributed by atoms with Crippen molar-refractivity contribution in [3.8, 4) is 0 Å². The smallest absolute Gasteiger partial charge is 0.341 e. The van der Waals surface area contributed by atoms with Crippen LogP contribution < -0.4 is 5.32 Å². The average molecular weight is 392 g/mol. The van der Waals surface area contributed by atoms with Crippen LogP contribution in [-0.4, -0.2) is 61.3 Å². The Morgan fingerprint density at radius 1 is 1.32 bits per heavy atom. The van der Waals surface area contributed by atoms with Gasteiger partial charge in [-0.2, -0.15) is 0 Å². The number of ether oxygens (including phenoxy) is 4. The largest absolute Gasteiger partial charge is 0.467 e. The van der Waals surface area contributed by atoms with Crippen LogP contribution in [0, 0.1) is 11.7 Å². The van der Waals surface area contributed by atoms with E-state index in [0.29, 0.717) is 17.8 Å². The first kappa shape index (κ1) is 18.0. The molecule has 4 heterocycles. The maximum atomic E-state index is 14.2. The highest BCUT2D eigenvalue weighted by atomic mass is 19.1. The molecule has 1 amide bonds. The lowest BCUT2D eigenvalue weighted by atomic mass is 9.71. The number of likely N-dealkylation sites (N-methyl/N-ethyl adjacent to an activating group) is 1. The fourth-order valence-electron chi connectivity index (χ4n) is 5.43. The average Bonchev–Trinajstić information content (AvgIpc) is 3.26. The Labute approximate surface area is 160 Å². The zero-order chi connectivity index (χ0) is 20.1. The number of carbonyl (C=O) groups excluding carboxylic acids is 2. The predicted molar refractivity (Wildman–Crippen MR) is 92.5 cm³/mol. The van der Waals surface area contributed by atoms with Gasteiger partial charge >= 0.3 is 5.97 Å². The molecule has 3 fully saturated rings. The van der Waals surface area contributed by atoms with E-state index in [0.717, 1.165) is 0 Å². The first-order valence-electron chi connectivity index (χ1n) is 9.12. The van der Waals surface area contributed by atoms with Gasteiger partial charge in [0, 0.05) is 23.7 Å². The third-order valence-corrected chi connectivity index (χ3v) is 6.33. The molecule has 0 aromatic heterocycles. The lowest BCUT2D eigenvalue weighted by molar-refractivity contribution is -0.246. The molecule has 1 spiro atoms. The summed E-state index contributed by atoms with van der Waals surface area (Å²) < 4.78 is 37.3. The van der Waals surface area contributed by atoms with E-state index in [4.69, 9.17) is 18.9 Å². The van der Waals surface area contributed by atoms with Gasteiger partial charge in [0.2, 0.25) is 5.60 Å². The maximum Gasteiger partial charge on any atom is 0.341 e. The fraction of sp³-hybridized carbons (Fsp3) is 0.579. The molecule has 0 unspecified atom stereocenters. The minimum absolute atomic E-state index is 0.305. The number of benzene rings is 1. The molecule has 4 aliphatic rings. The number of fused-ring (bicyclic) bond motifs is 6. The molecule has 0 radical (unpaired) electrons. The van der Waals surface area contributed by atoms with Crippen LogP contribution in [0.5, 0.6) is 0 Å². The van der Waals surface area contributed by atoms with Gasteiger partial charge in [-0.1, -0.05) is 0 Å². The van der Waals surface area contributed by atoms with Crippen LogP contribution in [0.4, 0.5) is 10.1 Å². The second kappa shape index (κ2) is 5.29. The molecule has 9 heteroatoms. The Bertz CT molecular complexity index is 906. The summed E-state index contributed by atoms with van der Waals surface area (Å²) in [5.74, 6) is -3.13. The maximum absolute atomic E-state index is 14.2. The Morgan fingerprint density at radius 2 is 2.07 bits per heavy atom. The molecule has 0 aliphatic carbocycles. The highest BCUT2D eigenvalue weighted by Crippen LogP contribution is 2.62. The van der Waals surface area contributed by atoms with Gasteiger partial charge in [-0.3, -0.25) is 9.69 Å². The number of likely N-dealkylation sites (tertiary alicyclic amines) is 1. The molecule has 0 bridgehead atoms. The molecule has 8 nitrogen and oxygen atoms in total. The van der Waals surface area contributed by atoms with Gasteiger partial charge in [-0.25, -0.2) is 9.18 Å². The highest BCUT2D eigenvalue weighted by molar-refractivity contribution is 6.11. The number of hydrogen-bond donors (Lipinski definition) is 1. The Hall–Kier alpha value is -2.07. The molecule has 5 rings (SSSR count). The number of amides is 1. The Kier molecular flexibility index (Phi) is 3.40. The van der Waals surface area contributed by atoms with Crippen molar-refractivity contribution in [2.45, 2.75) is 43.2 Å². The van der Waals surface area contributed by atoms with Crippen LogP contribution in [-0.2, 0) is 34.1 Å². The van der Waals surface area contributed by atoms with Gasteiger partial charge in [-0.15, -0.1) is 0 Å². The molecule has 4 aliphatic heterocycles. The third-order valence-electron chi connectivity index (χ3n) is 6.33. The summed E-state index contributed by atoms with van der Waals surface area (Å²) in [5.41, 5.74) is -2.55. The van der Waals surface area contributed by atoms with Gasteiger partial charge in [0.15, 0.2) is 17.6 Å². The van der Waals surface area contributed by atoms with Gasteiger partial charge < -0.3 is 24.3 Å². The molecular formula is C19H21FN2O6. The molecule has 28 heavy (non-hydrogen) atoms. The van der Waals surface area contributed by atoms with Crippen molar-refractivity contribution >= 4 is 17.6 Å². The number of carbonyl (C=O) groups is 2. The zero-order valence-corrected chi connectivity index (χ0v) is 15.9. The van der Waals surface area contributed by atoms with E-state index in [2.05, 4.69) is 5.32 Å². The minimum atomic E-state index is -1.73. The first-order chi connectivity index (χ1) is 13.2. The summed E-state index contributed by atoms with van der Waals surface area (Å²) in [4.78, 5) is 28.3. The van der Waals surface area contributed by atoms with Crippen molar-refractivity contribution in [1.29, 1.82) is 0 Å². The van der Waals surface area contributed by atoms with E-state index >= 15 is 0 Å². The van der Waals surface area contributed by atoms with Crippen LogP contribution in [0.25, 0.3) is 0 Å². The van der Waals surface area contributed by atoms with E-state index in [1.54, 1.807) is 25.8 Å². The van der Waals surface area contributed by atoms with Crippen LogP contribution in [0.3, 0.4) is 0 Å². The SMILES string of the molecule is COC(=O)[C@]12O[C@@H]3OC(C)(C)O[C@@H]3[C@H]1CN(C)[C@@]21C(=O)Nc2ccc(F)cc21. The summed E-state index contributed by atoms with van der Waals surface area (Å²) in [7, 11) is 2.95. The molecular weight excluding hydrogens is 371 g/mol. The second-order valence-corrected chi connectivity index (χ2v) is 8.16. The number of halogens is 1. The summed E-state index contributed by atoms with van der Waals surface area (Å²) in [6.07, 6.45) is -1.41. The molecule has 1 aromatic rings. The molecule has 150 valence electrons. The number of nitrogens with zero attached hydrogens (tertiary/aromatic N) is 1. The van der Waals surface area contributed by atoms with Crippen LogP contribution in [0.2, 0.25) is 0 Å². The number of methoxy groups -OCH3 is 1. The third kappa shape index (κ3) is 1.83. The predicted octanol–water partition coefficient (Wildman–Crippen LogP) is 0.954. The van der Waals surface area contributed by atoms with Crippen molar-refractivity contribution < 1.29 is 32.9 Å². The van der Waals surface area contributed by atoms with Gasteiger partial charge in [-0.05, 0) is 39.1 Å². The summed E-state index contributed by atoms with van der Waals surface area (Å²) in [6.45, 7) is 3.82. The molecule has 0 saturated carbocycles. The lowest BCUT2D eigenvalue weighted by Crippen LogP contribution is -2.64. The van der Waals surface area contributed by atoms with E-state index in [9.17, 15) is 14.0 Å². The summed E-state index contributed by atoms with van der Waals surface area (Å²) in [6, 6.07) is 4.00. The monoisotopic (exact) mass is 392 g/mol. The fourth-order valence-corrected chi connectivity index (χ4v) is 5.43. The quantitative estimate of drug-likeness (QED) is 0.713. The lowest BCUT2D eigenvalue weighted by Gasteiger charge is -2.42. The van der Waals surface area contributed by atoms with Gasteiger partial charge in [0.05, 0.1) is 7.11 Å². The summed E-state index contributed by atoms with van der Waals surface area (Å²) >= 11 is 0. The second-order valence-electron chi connectivity index (χ2n) is 8.16. The van der Waals surface area contributed by atoms with Crippen LogP contribution in [0.15, 0.2) is 18.2 Å². The van der Waals surface area contributed by atoms with Crippen molar-refractivity contribution in [1.82, 2.24) is 4.90 Å². The number of nitrogens with one attached hydrogen (secondary N) is 1. The highest BCUT2D eigenvalue weighted by Gasteiger charge is 2.82. The summed E-state index contributed by atoms with van der Waals surface area (Å²) in [5, 5.41) is 2.77. The Morgan fingerprint density at radius 3 is 2.79 bits per heavy atom. The van der Waals surface area contributed by atoms with Crippen molar-refractivity contribution in [2.75, 3.05) is 26.0 Å². The van der Waals surface area contributed by atoms with Gasteiger partial charge in [0.25, 0.3) is 5.91 Å². The van der Waals surface area contributed by atoms with Crippen LogP contribution in [0.1, 0.15) is 19.4 Å². The number of hydrogen-bond acceptors (Lipinski definition) is 7. The van der Waals surface area contributed by atoms with E-state index < -0.39 is 52.9 Å². The van der Waals surface area contributed by atoms with E-state index in [1.165, 1.54) is 25.3 Å². The van der Waals surface area contributed by atoms with Crippen molar-refractivity contribution in [2.24, 2.45) is 5.92 Å². The normalized spacial score (nSPS) is 40.3. The first-order valence-corrected chi connectivity index (χ1v) is 9.12. The van der Waals surface area contributed by atoms with E-state index in [1.807, 2.05) is 0 Å². The Balaban J connectivity index is 1.75. The molecule has 5 atom stereocenters. The van der Waals surface area contributed by atoms with Gasteiger partial charge in [0.1, 0.15) is 11.9 Å². The van der Waals surface area contributed by atoms with Crippen molar-refractivity contribution in [3.05, 3.63) is 29.6 Å². The topological polar surface area (TPSA) is 86.3 Å². The minimum Gasteiger partial charge on any atom is -0.467 e. The number of anilines is 1. The van der Waals surface area contributed by atoms with E-state index in [-0.39, 0.29) is 0 Å². The molecule has 1 aromatic carbocycles. The standard InChI is InChI=1S/C19H21FN2O6/c1-17(2)26-13-11-8-22(3)18(19(11,16(24)25-4)28-14(13)27-17)10-7-9(20)5-6-12(10)21-15(18)23/h5-7,11,13-14H,8H2,1-4H3,(H,21,23)/t11-,13-,14+,18+,19-/m1/s1.